The highest BCUT2D eigenvalue weighted by Crippen LogP contribution is 2.12. The van der Waals surface area contributed by atoms with E-state index >= 15 is 0 Å². The van der Waals surface area contributed by atoms with Crippen molar-refractivity contribution < 1.29 is 19.5 Å². The summed E-state index contributed by atoms with van der Waals surface area (Å²) >= 11 is 0. The number of hydrogen-bond acceptors (Lipinski definition) is 5. The number of benzene rings is 1. The fraction of sp³-hybridized carbons (Fsp3) is 0.412. The van der Waals surface area contributed by atoms with E-state index in [9.17, 15) is 19.5 Å². The van der Waals surface area contributed by atoms with Crippen LogP contribution < -0.4 is 21.8 Å². The number of hydrogen-bond donors (Lipinski definition) is 5. The van der Waals surface area contributed by atoms with Crippen LogP contribution in [0.25, 0.3) is 0 Å². The first kappa shape index (κ1) is 20.9. The Morgan fingerprint density at radius 2 is 2.00 bits per heavy atom. The molecule has 0 saturated heterocycles. The molecule has 0 aromatic heterocycles. The third-order valence-electron chi connectivity index (χ3n) is 3.87. The zero-order valence-electron chi connectivity index (χ0n) is 14.9. The molecule has 142 valence electrons. The van der Waals surface area contributed by atoms with Crippen molar-refractivity contribution >= 4 is 29.8 Å². The highest BCUT2D eigenvalue weighted by atomic mass is 16.4. The standard InChI is InChI=1S/C17H25N5O4/c1-3-13(17(25)26)14(4-2)22-15(23)9-19-16(24)11-6-5-7-12(8-11)20-10-21-18/h5-8,10,13-14H,3-4,9,18H2,1-2H3,(H,19,24)(H,20,21)(H,22,23)(H,25,26). The number of rotatable bonds is 10. The number of nitrogens with one attached hydrogen (secondary N) is 3. The molecule has 0 radical (unpaired) electrons. The maximum atomic E-state index is 12.2. The summed E-state index contributed by atoms with van der Waals surface area (Å²) in [5.74, 6) is 2.53. The molecular formula is C17H25N5O4. The van der Waals surface area contributed by atoms with Crippen LogP contribution in [0.15, 0.2) is 29.4 Å². The van der Waals surface area contributed by atoms with Crippen LogP contribution in [0.1, 0.15) is 37.0 Å². The molecule has 1 aromatic rings. The minimum Gasteiger partial charge on any atom is -0.481 e. The first-order valence-corrected chi connectivity index (χ1v) is 8.31. The average Bonchev–Trinajstić information content (AvgIpc) is 2.64. The minimum absolute atomic E-state index is 0.243. The van der Waals surface area contributed by atoms with Crippen molar-refractivity contribution in [3.05, 3.63) is 29.8 Å². The maximum absolute atomic E-state index is 12.2. The summed E-state index contributed by atoms with van der Waals surface area (Å²) in [6, 6.07) is 6.11. The molecule has 9 nitrogen and oxygen atoms in total. The summed E-state index contributed by atoms with van der Waals surface area (Å²) < 4.78 is 0. The molecule has 26 heavy (non-hydrogen) atoms. The number of aliphatic carboxylic acids is 1. The number of carboxylic acids is 1. The summed E-state index contributed by atoms with van der Waals surface area (Å²) in [5, 5.41) is 20.5. The highest BCUT2D eigenvalue weighted by molar-refractivity contribution is 5.97. The predicted octanol–water partition coefficient (Wildman–Crippen LogP) is 0.736. The third kappa shape index (κ3) is 6.42. The Balaban J connectivity index is 2.61. The molecule has 1 aromatic carbocycles. The van der Waals surface area contributed by atoms with Gasteiger partial charge in [0, 0.05) is 17.3 Å². The van der Waals surface area contributed by atoms with Gasteiger partial charge in [0.05, 0.1) is 12.5 Å². The van der Waals surface area contributed by atoms with Gasteiger partial charge in [-0.05, 0) is 31.0 Å². The SMILES string of the molecule is CCC(NC(=O)CNC(=O)c1cccc(NC=NN)c1)C(CC)C(=O)O. The Morgan fingerprint density at radius 3 is 2.58 bits per heavy atom. The van der Waals surface area contributed by atoms with E-state index in [0.717, 1.165) is 0 Å². The van der Waals surface area contributed by atoms with E-state index in [-0.39, 0.29) is 6.54 Å². The molecule has 2 amide bonds. The lowest BCUT2D eigenvalue weighted by molar-refractivity contribution is -0.143. The zero-order chi connectivity index (χ0) is 19.5. The Kier molecular flexibility index (Phi) is 8.62. The van der Waals surface area contributed by atoms with Crippen molar-refractivity contribution in [2.45, 2.75) is 32.7 Å². The Bertz CT molecular complexity index is 662. The number of carbonyl (C=O) groups excluding carboxylic acids is 2. The molecule has 2 atom stereocenters. The monoisotopic (exact) mass is 363 g/mol. The van der Waals surface area contributed by atoms with Gasteiger partial charge in [0.25, 0.3) is 5.91 Å². The molecule has 1 rings (SSSR count). The van der Waals surface area contributed by atoms with Gasteiger partial charge in [-0.2, -0.15) is 5.10 Å². The van der Waals surface area contributed by atoms with Crippen LogP contribution in [-0.4, -0.2) is 41.8 Å². The fourth-order valence-corrected chi connectivity index (χ4v) is 2.50. The topological polar surface area (TPSA) is 146 Å². The second kappa shape index (κ2) is 10.7. The average molecular weight is 363 g/mol. The van der Waals surface area contributed by atoms with Gasteiger partial charge in [-0.1, -0.05) is 19.9 Å². The lowest BCUT2D eigenvalue weighted by Gasteiger charge is -2.23. The van der Waals surface area contributed by atoms with Crippen LogP contribution in [0, 0.1) is 5.92 Å². The first-order valence-electron chi connectivity index (χ1n) is 8.31. The molecule has 0 aliphatic heterocycles. The molecule has 2 unspecified atom stereocenters. The van der Waals surface area contributed by atoms with E-state index in [2.05, 4.69) is 21.1 Å². The number of hydrazone groups is 1. The van der Waals surface area contributed by atoms with E-state index < -0.39 is 29.7 Å². The minimum atomic E-state index is -0.950. The van der Waals surface area contributed by atoms with Crippen LogP contribution in [0.4, 0.5) is 5.69 Å². The van der Waals surface area contributed by atoms with Gasteiger partial charge in [0.2, 0.25) is 5.91 Å². The van der Waals surface area contributed by atoms with Crippen molar-refractivity contribution in [2.75, 3.05) is 11.9 Å². The Hall–Kier alpha value is -3.10. The second-order valence-corrected chi connectivity index (χ2v) is 5.62. The second-order valence-electron chi connectivity index (χ2n) is 5.62. The molecule has 0 bridgehead atoms. The number of carbonyl (C=O) groups is 3. The van der Waals surface area contributed by atoms with Crippen molar-refractivity contribution in [1.29, 1.82) is 0 Å². The van der Waals surface area contributed by atoms with E-state index in [0.29, 0.717) is 24.1 Å². The largest absolute Gasteiger partial charge is 0.481 e. The molecule has 0 aliphatic rings. The molecule has 0 heterocycles. The molecule has 0 aliphatic carbocycles. The van der Waals surface area contributed by atoms with Gasteiger partial charge in [0.15, 0.2) is 0 Å². The molecular weight excluding hydrogens is 338 g/mol. The molecule has 0 spiro atoms. The van der Waals surface area contributed by atoms with Crippen LogP contribution in [0.3, 0.4) is 0 Å². The highest BCUT2D eigenvalue weighted by Gasteiger charge is 2.26. The van der Waals surface area contributed by atoms with E-state index in [1.54, 1.807) is 38.1 Å². The lowest BCUT2D eigenvalue weighted by atomic mass is 9.95. The number of nitrogens with zero attached hydrogens (tertiary/aromatic N) is 1. The summed E-state index contributed by atoms with van der Waals surface area (Å²) in [7, 11) is 0. The third-order valence-corrected chi connectivity index (χ3v) is 3.87. The van der Waals surface area contributed by atoms with Gasteiger partial charge >= 0.3 is 5.97 Å². The number of nitrogens with two attached hydrogens (primary N) is 1. The molecule has 6 N–H and O–H groups in total. The lowest BCUT2D eigenvalue weighted by Crippen LogP contribution is -2.46. The van der Waals surface area contributed by atoms with Crippen LogP contribution >= 0.6 is 0 Å². The van der Waals surface area contributed by atoms with Crippen molar-refractivity contribution in [1.82, 2.24) is 10.6 Å². The van der Waals surface area contributed by atoms with E-state index in [4.69, 9.17) is 5.84 Å². The summed E-state index contributed by atoms with van der Waals surface area (Å²) in [4.78, 5) is 35.4. The van der Waals surface area contributed by atoms with Gasteiger partial charge in [-0.3, -0.25) is 14.4 Å². The number of anilines is 1. The quantitative estimate of drug-likeness (QED) is 0.179. The van der Waals surface area contributed by atoms with Crippen LogP contribution in [-0.2, 0) is 9.59 Å². The number of carboxylic acid groups (broad SMARTS) is 1. The summed E-state index contributed by atoms with van der Waals surface area (Å²) in [5.41, 5.74) is 0.979. The number of amides is 2. The van der Waals surface area contributed by atoms with Crippen LogP contribution in [0.5, 0.6) is 0 Å². The molecule has 0 saturated carbocycles. The summed E-state index contributed by atoms with van der Waals surface area (Å²) in [6.45, 7) is 3.32. The molecule has 0 fully saturated rings. The van der Waals surface area contributed by atoms with Gasteiger partial charge in [-0.25, -0.2) is 0 Å². The first-order chi connectivity index (χ1) is 12.4. The van der Waals surface area contributed by atoms with E-state index in [1.165, 1.54) is 6.34 Å². The summed E-state index contributed by atoms with van der Waals surface area (Å²) in [6.07, 6.45) is 2.18. The Morgan fingerprint density at radius 1 is 1.27 bits per heavy atom. The normalized spacial score (nSPS) is 13.0. The van der Waals surface area contributed by atoms with Gasteiger partial charge < -0.3 is 26.9 Å². The molecule has 9 heteroatoms. The Labute approximate surface area is 152 Å². The van der Waals surface area contributed by atoms with Gasteiger partial charge in [-0.15, -0.1) is 0 Å². The van der Waals surface area contributed by atoms with Gasteiger partial charge in [0.1, 0.15) is 6.34 Å². The van der Waals surface area contributed by atoms with Crippen LogP contribution in [0.2, 0.25) is 0 Å². The zero-order valence-corrected chi connectivity index (χ0v) is 14.9. The smallest absolute Gasteiger partial charge is 0.308 e. The van der Waals surface area contributed by atoms with E-state index in [1.807, 2.05) is 0 Å². The predicted molar refractivity (Wildman–Crippen MR) is 98.7 cm³/mol. The van der Waals surface area contributed by atoms with Crippen molar-refractivity contribution in [3.63, 3.8) is 0 Å². The van der Waals surface area contributed by atoms with Crippen molar-refractivity contribution in [2.24, 2.45) is 16.9 Å². The maximum Gasteiger partial charge on any atom is 0.308 e. The fourth-order valence-electron chi connectivity index (χ4n) is 2.50. The van der Waals surface area contributed by atoms with Crippen molar-refractivity contribution in [3.8, 4) is 0 Å².